The van der Waals surface area contributed by atoms with Gasteiger partial charge in [-0.2, -0.15) is 0 Å². The third-order valence-corrected chi connectivity index (χ3v) is 3.88. The van der Waals surface area contributed by atoms with Crippen molar-refractivity contribution < 1.29 is 9.90 Å². The number of carboxylic acids is 1. The Morgan fingerprint density at radius 2 is 2.00 bits per heavy atom. The second kappa shape index (κ2) is 6.23. The van der Waals surface area contributed by atoms with Crippen molar-refractivity contribution in [2.24, 2.45) is 5.41 Å². The van der Waals surface area contributed by atoms with Crippen LogP contribution in [-0.4, -0.2) is 29.1 Å². The zero-order chi connectivity index (χ0) is 14.6. The SMILES string of the molecule is CC(C)(CC1=CCN(Cc2ccccc2)CC1)C(=O)O. The fourth-order valence-electron chi connectivity index (χ4n) is 2.54. The molecule has 3 heteroatoms. The van der Waals surface area contributed by atoms with Crippen LogP contribution in [0.3, 0.4) is 0 Å². The highest BCUT2D eigenvalue weighted by Crippen LogP contribution is 2.28. The van der Waals surface area contributed by atoms with Crippen LogP contribution in [0.15, 0.2) is 42.0 Å². The lowest BCUT2D eigenvalue weighted by Gasteiger charge is -2.29. The average Bonchev–Trinajstić information content (AvgIpc) is 2.42. The van der Waals surface area contributed by atoms with Crippen molar-refractivity contribution in [2.45, 2.75) is 33.2 Å². The topological polar surface area (TPSA) is 40.5 Å². The van der Waals surface area contributed by atoms with Crippen LogP contribution in [0.5, 0.6) is 0 Å². The summed E-state index contributed by atoms with van der Waals surface area (Å²) in [6.07, 6.45) is 3.84. The molecular formula is C17H23NO2. The highest BCUT2D eigenvalue weighted by Gasteiger charge is 2.28. The van der Waals surface area contributed by atoms with E-state index in [2.05, 4.69) is 35.2 Å². The van der Waals surface area contributed by atoms with Gasteiger partial charge in [0.25, 0.3) is 0 Å². The zero-order valence-corrected chi connectivity index (χ0v) is 12.3. The lowest BCUT2D eigenvalue weighted by atomic mass is 9.84. The van der Waals surface area contributed by atoms with Gasteiger partial charge in [0.05, 0.1) is 5.41 Å². The average molecular weight is 273 g/mol. The van der Waals surface area contributed by atoms with Crippen molar-refractivity contribution in [1.29, 1.82) is 0 Å². The molecule has 0 radical (unpaired) electrons. The molecule has 1 heterocycles. The smallest absolute Gasteiger partial charge is 0.309 e. The molecule has 0 aromatic heterocycles. The summed E-state index contributed by atoms with van der Waals surface area (Å²) in [5, 5.41) is 9.18. The third kappa shape index (κ3) is 3.94. The fraction of sp³-hybridized carbons (Fsp3) is 0.471. The van der Waals surface area contributed by atoms with Crippen LogP contribution >= 0.6 is 0 Å². The van der Waals surface area contributed by atoms with E-state index in [4.69, 9.17) is 0 Å². The third-order valence-electron chi connectivity index (χ3n) is 3.88. The van der Waals surface area contributed by atoms with Crippen LogP contribution in [0.2, 0.25) is 0 Å². The van der Waals surface area contributed by atoms with E-state index in [1.165, 1.54) is 11.1 Å². The molecule has 0 spiro atoms. The minimum Gasteiger partial charge on any atom is -0.481 e. The van der Waals surface area contributed by atoms with Crippen molar-refractivity contribution >= 4 is 5.97 Å². The first-order valence-electron chi connectivity index (χ1n) is 7.15. The predicted octanol–water partition coefficient (Wildman–Crippen LogP) is 3.32. The second-order valence-electron chi connectivity index (χ2n) is 6.20. The van der Waals surface area contributed by atoms with Crippen LogP contribution in [0.4, 0.5) is 0 Å². The number of hydrogen-bond donors (Lipinski definition) is 1. The molecule has 0 saturated heterocycles. The Hall–Kier alpha value is -1.61. The number of aliphatic carboxylic acids is 1. The summed E-state index contributed by atoms with van der Waals surface area (Å²) >= 11 is 0. The Kier molecular flexibility index (Phi) is 4.61. The summed E-state index contributed by atoms with van der Waals surface area (Å²) in [6.45, 7) is 6.49. The van der Waals surface area contributed by atoms with Crippen LogP contribution in [0.25, 0.3) is 0 Å². The summed E-state index contributed by atoms with van der Waals surface area (Å²) in [6, 6.07) is 10.5. The Balaban J connectivity index is 1.89. The monoisotopic (exact) mass is 273 g/mol. The molecule has 1 aliphatic heterocycles. The van der Waals surface area contributed by atoms with Crippen molar-refractivity contribution in [3.05, 3.63) is 47.5 Å². The van der Waals surface area contributed by atoms with Crippen molar-refractivity contribution in [1.82, 2.24) is 4.90 Å². The van der Waals surface area contributed by atoms with Gasteiger partial charge in [-0.3, -0.25) is 9.69 Å². The molecule has 1 aromatic rings. The van der Waals surface area contributed by atoms with E-state index in [0.29, 0.717) is 6.42 Å². The van der Waals surface area contributed by atoms with Gasteiger partial charge in [0.2, 0.25) is 0 Å². The number of carbonyl (C=O) groups is 1. The molecule has 0 amide bonds. The predicted molar refractivity (Wildman–Crippen MR) is 80.5 cm³/mol. The Morgan fingerprint density at radius 3 is 2.55 bits per heavy atom. The van der Waals surface area contributed by atoms with Gasteiger partial charge in [-0.1, -0.05) is 42.0 Å². The van der Waals surface area contributed by atoms with Crippen molar-refractivity contribution in [3.63, 3.8) is 0 Å². The molecule has 0 unspecified atom stereocenters. The first-order chi connectivity index (χ1) is 9.47. The number of carboxylic acid groups (broad SMARTS) is 1. The lowest BCUT2D eigenvalue weighted by molar-refractivity contribution is -0.146. The van der Waals surface area contributed by atoms with E-state index in [9.17, 15) is 9.90 Å². The van der Waals surface area contributed by atoms with Crippen LogP contribution in [0.1, 0.15) is 32.3 Å². The Labute approximate surface area is 120 Å². The molecule has 1 N–H and O–H groups in total. The van der Waals surface area contributed by atoms with Gasteiger partial charge in [-0.15, -0.1) is 0 Å². The molecule has 2 rings (SSSR count). The standard InChI is InChI=1S/C17H23NO2/c1-17(2,16(19)20)12-14-8-10-18(11-9-14)13-15-6-4-3-5-7-15/h3-8H,9-13H2,1-2H3,(H,19,20). The number of nitrogens with zero attached hydrogens (tertiary/aromatic N) is 1. The van der Waals surface area contributed by atoms with Crippen molar-refractivity contribution in [3.8, 4) is 0 Å². The first kappa shape index (κ1) is 14.8. The van der Waals surface area contributed by atoms with E-state index in [1.807, 2.05) is 6.07 Å². The van der Waals surface area contributed by atoms with Gasteiger partial charge < -0.3 is 5.11 Å². The Morgan fingerprint density at radius 1 is 1.30 bits per heavy atom. The van der Waals surface area contributed by atoms with E-state index >= 15 is 0 Å². The zero-order valence-electron chi connectivity index (χ0n) is 12.3. The van der Waals surface area contributed by atoms with E-state index in [0.717, 1.165) is 26.1 Å². The van der Waals surface area contributed by atoms with Gasteiger partial charge in [0.15, 0.2) is 0 Å². The maximum Gasteiger partial charge on any atom is 0.309 e. The highest BCUT2D eigenvalue weighted by atomic mass is 16.4. The molecule has 0 fully saturated rings. The molecule has 0 saturated carbocycles. The molecule has 1 aromatic carbocycles. The quantitative estimate of drug-likeness (QED) is 0.837. The molecule has 0 aliphatic carbocycles. The molecule has 20 heavy (non-hydrogen) atoms. The molecule has 1 aliphatic rings. The summed E-state index contributed by atoms with van der Waals surface area (Å²) in [5.41, 5.74) is 1.95. The fourth-order valence-corrected chi connectivity index (χ4v) is 2.54. The maximum atomic E-state index is 11.2. The van der Waals surface area contributed by atoms with Crippen LogP contribution in [0, 0.1) is 5.41 Å². The number of hydrogen-bond acceptors (Lipinski definition) is 2. The minimum atomic E-state index is -0.717. The molecular weight excluding hydrogens is 250 g/mol. The molecule has 3 nitrogen and oxygen atoms in total. The summed E-state index contributed by atoms with van der Waals surface area (Å²) < 4.78 is 0. The van der Waals surface area contributed by atoms with Crippen LogP contribution in [-0.2, 0) is 11.3 Å². The van der Waals surface area contributed by atoms with Gasteiger partial charge in [-0.05, 0) is 32.3 Å². The summed E-state index contributed by atoms with van der Waals surface area (Å²) in [7, 11) is 0. The number of benzene rings is 1. The van der Waals surface area contributed by atoms with Crippen molar-refractivity contribution in [2.75, 3.05) is 13.1 Å². The van der Waals surface area contributed by atoms with Gasteiger partial charge in [0.1, 0.15) is 0 Å². The van der Waals surface area contributed by atoms with E-state index in [-0.39, 0.29) is 0 Å². The summed E-state index contributed by atoms with van der Waals surface area (Å²) in [5.74, 6) is -0.717. The highest BCUT2D eigenvalue weighted by molar-refractivity contribution is 5.74. The molecule has 108 valence electrons. The largest absolute Gasteiger partial charge is 0.481 e. The molecule has 0 bridgehead atoms. The van der Waals surface area contributed by atoms with Gasteiger partial charge in [0, 0.05) is 19.6 Å². The first-order valence-corrected chi connectivity index (χ1v) is 7.15. The normalized spacial score (nSPS) is 16.8. The van der Waals surface area contributed by atoms with Gasteiger partial charge >= 0.3 is 5.97 Å². The minimum absolute atomic E-state index is 0.654. The Bertz CT molecular complexity index is 491. The second-order valence-corrected chi connectivity index (χ2v) is 6.20. The number of rotatable bonds is 5. The lowest BCUT2D eigenvalue weighted by Crippen LogP contribution is -2.30. The van der Waals surface area contributed by atoms with E-state index < -0.39 is 11.4 Å². The molecule has 0 atom stereocenters. The van der Waals surface area contributed by atoms with E-state index in [1.54, 1.807) is 13.8 Å². The van der Waals surface area contributed by atoms with Gasteiger partial charge in [-0.25, -0.2) is 0 Å². The van der Waals surface area contributed by atoms with Crippen LogP contribution < -0.4 is 0 Å². The summed E-state index contributed by atoms with van der Waals surface area (Å²) in [4.78, 5) is 13.6. The maximum absolute atomic E-state index is 11.2.